The van der Waals surface area contributed by atoms with E-state index < -0.39 is 0 Å². The molecule has 2 aliphatic rings. The van der Waals surface area contributed by atoms with Gasteiger partial charge in [-0.1, -0.05) is 18.2 Å². The number of ether oxygens (including phenoxy) is 1. The molecule has 0 amide bonds. The van der Waals surface area contributed by atoms with Gasteiger partial charge in [-0.15, -0.1) is 0 Å². The van der Waals surface area contributed by atoms with Gasteiger partial charge in [0.15, 0.2) is 0 Å². The van der Waals surface area contributed by atoms with E-state index in [1.807, 2.05) is 6.07 Å². The number of hydrogen-bond acceptors (Lipinski definition) is 3. The van der Waals surface area contributed by atoms with Crippen LogP contribution in [0.1, 0.15) is 24.8 Å². The largest absolute Gasteiger partial charge is 0.496 e. The Morgan fingerprint density at radius 3 is 2.80 bits per heavy atom. The highest BCUT2D eigenvalue weighted by atomic mass is 16.5. The third kappa shape index (κ3) is 2.99. The summed E-state index contributed by atoms with van der Waals surface area (Å²) in [5, 5.41) is 3.49. The molecular formula is C17H26N2O. The van der Waals surface area contributed by atoms with Crippen molar-refractivity contribution < 1.29 is 4.74 Å². The second kappa shape index (κ2) is 6.15. The van der Waals surface area contributed by atoms with Crippen molar-refractivity contribution in [3.05, 3.63) is 29.8 Å². The Morgan fingerprint density at radius 1 is 1.20 bits per heavy atom. The number of rotatable bonds is 4. The first-order chi connectivity index (χ1) is 9.81. The van der Waals surface area contributed by atoms with Crippen molar-refractivity contribution in [1.29, 1.82) is 0 Å². The number of likely N-dealkylation sites (tertiary alicyclic amines) is 1. The number of para-hydroxylation sites is 1. The van der Waals surface area contributed by atoms with Gasteiger partial charge in [-0.25, -0.2) is 0 Å². The summed E-state index contributed by atoms with van der Waals surface area (Å²) in [6.07, 6.45) is 5.20. The van der Waals surface area contributed by atoms with Crippen molar-refractivity contribution in [1.82, 2.24) is 10.2 Å². The minimum atomic E-state index is 0.617. The molecule has 0 aromatic heterocycles. The summed E-state index contributed by atoms with van der Waals surface area (Å²) >= 11 is 0. The monoisotopic (exact) mass is 274 g/mol. The summed E-state index contributed by atoms with van der Waals surface area (Å²) in [4.78, 5) is 2.65. The first kappa shape index (κ1) is 13.9. The molecule has 1 aromatic rings. The first-order valence-electron chi connectivity index (χ1n) is 7.86. The fourth-order valence-electron chi connectivity index (χ4n) is 3.77. The molecule has 0 bridgehead atoms. The van der Waals surface area contributed by atoms with Crippen LogP contribution >= 0.6 is 0 Å². The summed E-state index contributed by atoms with van der Waals surface area (Å²) in [5.74, 6) is 1.03. The van der Waals surface area contributed by atoms with Crippen molar-refractivity contribution in [3.63, 3.8) is 0 Å². The van der Waals surface area contributed by atoms with E-state index in [4.69, 9.17) is 4.74 Å². The van der Waals surface area contributed by atoms with Crippen molar-refractivity contribution in [2.75, 3.05) is 39.8 Å². The van der Waals surface area contributed by atoms with Gasteiger partial charge >= 0.3 is 0 Å². The zero-order valence-corrected chi connectivity index (χ0v) is 12.5. The Morgan fingerprint density at radius 2 is 2.00 bits per heavy atom. The van der Waals surface area contributed by atoms with Gasteiger partial charge in [0.2, 0.25) is 0 Å². The van der Waals surface area contributed by atoms with Gasteiger partial charge in [0, 0.05) is 13.1 Å². The Balaban J connectivity index is 1.54. The van der Waals surface area contributed by atoms with Crippen LogP contribution in [0.2, 0.25) is 0 Å². The highest BCUT2D eigenvalue weighted by Gasteiger charge is 2.38. The number of benzene rings is 1. The van der Waals surface area contributed by atoms with E-state index in [0.717, 1.165) is 18.7 Å². The molecule has 3 heteroatoms. The second-order valence-electron chi connectivity index (χ2n) is 6.34. The van der Waals surface area contributed by atoms with Gasteiger partial charge in [0.1, 0.15) is 5.75 Å². The second-order valence-corrected chi connectivity index (χ2v) is 6.34. The lowest BCUT2D eigenvalue weighted by molar-refractivity contribution is 0.197. The molecule has 2 fully saturated rings. The van der Waals surface area contributed by atoms with E-state index in [9.17, 15) is 0 Å². The van der Waals surface area contributed by atoms with Crippen LogP contribution in [-0.2, 0) is 6.42 Å². The van der Waals surface area contributed by atoms with E-state index >= 15 is 0 Å². The van der Waals surface area contributed by atoms with E-state index in [0.29, 0.717) is 5.41 Å². The molecule has 1 aromatic carbocycles. The Hall–Kier alpha value is -1.06. The molecule has 2 saturated heterocycles. The van der Waals surface area contributed by atoms with E-state index in [2.05, 4.69) is 28.4 Å². The molecule has 0 aliphatic carbocycles. The van der Waals surface area contributed by atoms with Gasteiger partial charge in [-0.2, -0.15) is 0 Å². The molecule has 2 aliphatic heterocycles. The quantitative estimate of drug-likeness (QED) is 0.912. The number of nitrogens with zero attached hydrogens (tertiary/aromatic N) is 1. The smallest absolute Gasteiger partial charge is 0.122 e. The van der Waals surface area contributed by atoms with Gasteiger partial charge < -0.3 is 15.0 Å². The topological polar surface area (TPSA) is 24.5 Å². The highest BCUT2D eigenvalue weighted by molar-refractivity contribution is 5.33. The maximum Gasteiger partial charge on any atom is 0.122 e. The molecule has 0 radical (unpaired) electrons. The summed E-state index contributed by atoms with van der Waals surface area (Å²) in [5.41, 5.74) is 1.95. The SMILES string of the molecule is COc1ccccc1CCN1CCC2(CCNCC2)C1. The molecule has 0 atom stereocenters. The standard InChI is InChI=1S/C17H26N2O/c1-20-16-5-3-2-4-15(16)6-12-19-13-9-17(14-19)7-10-18-11-8-17/h2-5,18H,6-14H2,1H3. The molecule has 0 saturated carbocycles. The van der Waals surface area contributed by atoms with Crippen molar-refractivity contribution in [2.24, 2.45) is 5.41 Å². The average molecular weight is 274 g/mol. The van der Waals surface area contributed by atoms with Gasteiger partial charge in [0.05, 0.1) is 7.11 Å². The van der Waals surface area contributed by atoms with Gasteiger partial charge in [-0.05, 0) is 62.4 Å². The maximum atomic E-state index is 5.44. The van der Waals surface area contributed by atoms with Crippen LogP contribution in [-0.4, -0.2) is 44.7 Å². The molecule has 0 unspecified atom stereocenters. The van der Waals surface area contributed by atoms with E-state index in [-0.39, 0.29) is 0 Å². The predicted molar refractivity (Wildman–Crippen MR) is 82.3 cm³/mol. The third-order valence-electron chi connectivity index (χ3n) is 5.07. The first-order valence-corrected chi connectivity index (χ1v) is 7.86. The summed E-state index contributed by atoms with van der Waals surface area (Å²) in [6.45, 7) is 6.15. The molecule has 2 heterocycles. The molecule has 20 heavy (non-hydrogen) atoms. The fourth-order valence-corrected chi connectivity index (χ4v) is 3.77. The zero-order valence-electron chi connectivity index (χ0n) is 12.5. The van der Waals surface area contributed by atoms with E-state index in [1.165, 1.54) is 51.0 Å². The molecule has 3 nitrogen and oxygen atoms in total. The van der Waals surface area contributed by atoms with Crippen LogP contribution in [0.4, 0.5) is 0 Å². The lowest BCUT2D eigenvalue weighted by atomic mass is 9.78. The molecule has 1 spiro atoms. The minimum absolute atomic E-state index is 0.617. The normalized spacial score (nSPS) is 22.2. The van der Waals surface area contributed by atoms with Gasteiger partial charge in [-0.3, -0.25) is 0 Å². The maximum absolute atomic E-state index is 5.44. The van der Waals surface area contributed by atoms with Crippen LogP contribution in [0.5, 0.6) is 5.75 Å². The average Bonchev–Trinajstić information content (AvgIpc) is 2.89. The lowest BCUT2D eigenvalue weighted by Gasteiger charge is -2.34. The zero-order chi connectivity index (χ0) is 13.8. The number of nitrogens with one attached hydrogen (secondary N) is 1. The van der Waals surface area contributed by atoms with Crippen LogP contribution in [0.25, 0.3) is 0 Å². The van der Waals surface area contributed by atoms with Crippen molar-refractivity contribution in [3.8, 4) is 5.75 Å². The summed E-state index contributed by atoms with van der Waals surface area (Å²) in [6, 6.07) is 8.40. The number of methoxy groups -OCH3 is 1. The van der Waals surface area contributed by atoms with Crippen molar-refractivity contribution >= 4 is 0 Å². The van der Waals surface area contributed by atoms with Gasteiger partial charge in [0.25, 0.3) is 0 Å². The molecule has 1 N–H and O–H groups in total. The summed E-state index contributed by atoms with van der Waals surface area (Å²) in [7, 11) is 1.76. The summed E-state index contributed by atoms with van der Waals surface area (Å²) < 4.78 is 5.44. The molecular weight excluding hydrogens is 248 g/mol. The predicted octanol–water partition coefficient (Wildman–Crippen LogP) is 2.31. The van der Waals surface area contributed by atoms with Crippen LogP contribution in [0.15, 0.2) is 24.3 Å². The Bertz CT molecular complexity index is 440. The molecule has 3 rings (SSSR count). The Kier molecular flexibility index (Phi) is 4.27. The fraction of sp³-hybridized carbons (Fsp3) is 0.647. The number of piperidine rings is 1. The van der Waals surface area contributed by atoms with Crippen LogP contribution in [0, 0.1) is 5.41 Å². The third-order valence-corrected chi connectivity index (χ3v) is 5.07. The number of hydrogen-bond donors (Lipinski definition) is 1. The lowest BCUT2D eigenvalue weighted by Crippen LogP contribution is -2.38. The van der Waals surface area contributed by atoms with Crippen LogP contribution < -0.4 is 10.1 Å². The minimum Gasteiger partial charge on any atom is -0.496 e. The van der Waals surface area contributed by atoms with Crippen molar-refractivity contribution in [2.45, 2.75) is 25.7 Å². The highest BCUT2D eigenvalue weighted by Crippen LogP contribution is 2.38. The molecule has 110 valence electrons. The Labute approximate surface area is 122 Å². The van der Waals surface area contributed by atoms with E-state index in [1.54, 1.807) is 7.11 Å². The van der Waals surface area contributed by atoms with Crippen LogP contribution in [0.3, 0.4) is 0 Å².